The van der Waals surface area contributed by atoms with E-state index in [0.717, 1.165) is 38.6 Å². The molecule has 142 valence electrons. The van der Waals surface area contributed by atoms with Crippen molar-refractivity contribution in [3.05, 3.63) is 84.7 Å². The monoisotopic (exact) mass is 383 g/mol. The van der Waals surface area contributed by atoms with Crippen LogP contribution in [0.5, 0.6) is 0 Å². The number of anilines is 1. The Labute approximate surface area is 166 Å². The van der Waals surface area contributed by atoms with Gasteiger partial charge in [0, 0.05) is 28.7 Å². The number of nitrogens with one attached hydrogen (secondary N) is 2. The SMILES string of the molecule is CC(Nc1ncnc2ccc(-c3c[nH]c4ncccc34)cc12)c1cccc(F)c1. The summed E-state index contributed by atoms with van der Waals surface area (Å²) in [5.74, 6) is 0.463. The van der Waals surface area contributed by atoms with Crippen molar-refractivity contribution in [1.82, 2.24) is 19.9 Å². The molecule has 0 saturated heterocycles. The standard InChI is InChI=1S/C23H18FN5/c1-14(15-4-2-5-17(24)10-15)29-23-19-11-16(7-8-21(19)27-13-28-23)20-12-26-22-18(20)6-3-9-25-22/h2-14H,1H3,(H,25,26)(H,27,28,29). The summed E-state index contributed by atoms with van der Waals surface area (Å²) < 4.78 is 13.6. The fourth-order valence-corrected chi connectivity index (χ4v) is 3.60. The number of H-pyrrole nitrogens is 1. The van der Waals surface area contributed by atoms with Crippen LogP contribution < -0.4 is 5.32 Å². The molecule has 5 aromatic rings. The van der Waals surface area contributed by atoms with E-state index in [1.54, 1.807) is 12.3 Å². The summed E-state index contributed by atoms with van der Waals surface area (Å²) in [7, 11) is 0. The van der Waals surface area contributed by atoms with Crippen LogP contribution in [0.25, 0.3) is 33.1 Å². The third-order valence-corrected chi connectivity index (χ3v) is 5.10. The van der Waals surface area contributed by atoms with E-state index in [1.165, 1.54) is 18.5 Å². The van der Waals surface area contributed by atoms with Crippen molar-refractivity contribution in [2.24, 2.45) is 0 Å². The van der Waals surface area contributed by atoms with Crippen molar-refractivity contribution < 1.29 is 4.39 Å². The van der Waals surface area contributed by atoms with Gasteiger partial charge >= 0.3 is 0 Å². The molecule has 0 spiro atoms. The van der Waals surface area contributed by atoms with Gasteiger partial charge in [-0.1, -0.05) is 18.2 Å². The molecule has 0 aliphatic carbocycles. The minimum atomic E-state index is -0.251. The van der Waals surface area contributed by atoms with Crippen molar-refractivity contribution in [2.45, 2.75) is 13.0 Å². The number of nitrogens with zero attached hydrogens (tertiary/aromatic N) is 3. The lowest BCUT2D eigenvalue weighted by molar-refractivity contribution is 0.623. The molecule has 0 bridgehead atoms. The molecule has 2 N–H and O–H groups in total. The van der Waals surface area contributed by atoms with Gasteiger partial charge in [-0.05, 0) is 54.4 Å². The molecule has 6 heteroatoms. The van der Waals surface area contributed by atoms with Crippen LogP contribution in [0, 0.1) is 5.82 Å². The van der Waals surface area contributed by atoms with Crippen LogP contribution in [-0.2, 0) is 0 Å². The van der Waals surface area contributed by atoms with Gasteiger partial charge in [-0.15, -0.1) is 0 Å². The van der Waals surface area contributed by atoms with Crippen molar-refractivity contribution in [3.63, 3.8) is 0 Å². The number of benzene rings is 2. The summed E-state index contributed by atoms with van der Waals surface area (Å²) in [6, 6.07) is 16.6. The number of aromatic amines is 1. The van der Waals surface area contributed by atoms with E-state index in [4.69, 9.17) is 0 Å². The molecule has 0 aliphatic heterocycles. The van der Waals surface area contributed by atoms with Crippen molar-refractivity contribution in [3.8, 4) is 11.1 Å². The Kier molecular flexibility index (Phi) is 4.17. The number of pyridine rings is 1. The molecule has 5 nitrogen and oxygen atoms in total. The predicted octanol–water partition coefficient (Wildman–Crippen LogP) is 5.49. The maximum absolute atomic E-state index is 13.6. The number of hydrogen-bond acceptors (Lipinski definition) is 4. The second-order valence-electron chi connectivity index (χ2n) is 6.98. The van der Waals surface area contributed by atoms with Gasteiger partial charge in [0.15, 0.2) is 0 Å². The molecule has 0 radical (unpaired) electrons. The van der Waals surface area contributed by atoms with Crippen LogP contribution in [-0.4, -0.2) is 19.9 Å². The molecular weight excluding hydrogens is 365 g/mol. The average Bonchev–Trinajstić information content (AvgIpc) is 3.18. The lowest BCUT2D eigenvalue weighted by atomic mass is 10.0. The van der Waals surface area contributed by atoms with Crippen LogP contribution in [0.1, 0.15) is 18.5 Å². The maximum Gasteiger partial charge on any atom is 0.137 e. The third-order valence-electron chi connectivity index (χ3n) is 5.10. The predicted molar refractivity (Wildman–Crippen MR) is 113 cm³/mol. The van der Waals surface area contributed by atoms with Crippen LogP contribution in [0.4, 0.5) is 10.2 Å². The van der Waals surface area contributed by atoms with Gasteiger partial charge in [0.25, 0.3) is 0 Å². The molecule has 0 aliphatic rings. The molecule has 3 aromatic heterocycles. The highest BCUT2D eigenvalue weighted by Crippen LogP contribution is 2.32. The summed E-state index contributed by atoms with van der Waals surface area (Å²) in [5.41, 5.74) is 4.67. The Balaban J connectivity index is 1.57. The van der Waals surface area contributed by atoms with Gasteiger partial charge in [0.05, 0.1) is 11.6 Å². The van der Waals surface area contributed by atoms with Gasteiger partial charge in [-0.2, -0.15) is 0 Å². The topological polar surface area (TPSA) is 66.5 Å². The number of hydrogen-bond donors (Lipinski definition) is 2. The normalized spacial score (nSPS) is 12.3. The molecule has 3 heterocycles. The minimum absolute atomic E-state index is 0.107. The van der Waals surface area contributed by atoms with Gasteiger partial charge < -0.3 is 10.3 Å². The third kappa shape index (κ3) is 3.18. The van der Waals surface area contributed by atoms with Gasteiger partial charge in [0.1, 0.15) is 23.6 Å². The highest BCUT2D eigenvalue weighted by atomic mass is 19.1. The number of halogens is 1. The maximum atomic E-state index is 13.6. The highest BCUT2D eigenvalue weighted by molar-refractivity contribution is 5.98. The first-order valence-corrected chi connectivity index (χ1v) is 9.38. The lowest BCUT2D eigenvalue weighted by Crippen LogP contribution is -2.09. The minimum Gasteiger partial charge on any atom is -0.363 e. The zero-order valence-electron chi connectivity index (χ0n) is 15.7. The average molecular weight is 383 g/mol. The first-order valence-electron chi connectivity index (χ1n) is 9.38. The van der Waals surface area contributed by atoms with Gasteiger partial charge in [-0.25, -0.2) is 19.3 Å². The summed E-state index contributed by atoms with van der Waals surface area (Å²) in [6.07, 6.45) is 5.27. The summed E-state index contributed by atoms with van der Waals surface area (Å²) in [4.78, 5) is 16.4. The van der Waals surface area contributed by atoms with Crippen molar-refractivity contribution in [2.75, 3.05) is 5.32 Å². The number of fused-ring (bicyclic) bond motifs is 2. The van der Waals surface area contributed by atoms with Crippen molar-refractivity contribution in [1.29, 1.82) is 0 Å². The molecular formula is C23H18FN5. The van der Waals surface area contributed by atoms with E-state index in [9.17, 15) is 4.39 Å². The smallest absolute Gasteiger partial charge is 0.137 e. The zero-order valence-corrected chi connectivity index (χ0v) is 15.7. The molecule has 29 heavy (non-hydrogen) atoms. The quantitative estimate of drug-likeness (QED) is 0.431. The molecule has 1 unspecified atom stereocenters. The summed E-state index contributed by atoms with van der Waals surface area (Å²) in [6.45, 7) is 1.98. The van der Waals surface area contributed by atoms with Crippen LogP contribution in [0.15, 0.2) is 73.3 Å². The fraction of sp³-hybridized carbons (Fsp3) is 0.0870. The summed E-state index contributed by atoms with van der Waals surface area (Å²) in [5, 5.41) is 5.37. The Morgan fingerprint density at radius 3 is 2.79 bits per heavy atom. The zero-order chi connectivity index (χ0) is 19.8. The Hall–Kier alpha value is -3.80. The second-order valence-corrected chi connectivity index (χ2v) is 6.98. The Bertz CT molecular complexity index is 1330. The van der Waals surface area contributed by atoms with E-state index >= 15 is 0 Å². The van der Waals surface area contributed by atoms with Crippen LogP contribution in [0.2, 0.25) is 0 Å². The highest BCUT2D eigenvalue weighted by Gasteiger charge is 2.12. The largest absolute Gasteiger partial charge is 0.363 e. The molecule has 0 fully saturated rings. The fourth-order valence-electron chi connectivity index (χ4n) is 3.60. The van der Waals surface area contributed by atoms with Gasteiger partial charge in [-0.3, -0.25) is 0 Å². The molecule has 5 rings (SSSR count). The van der Waals surface area contributed by atoms with E-state index < -0.39 is 0 Å². The first kappa shape index (κ1) is 17.3. The Morgan fingerprint density at radius 1 is 0.966 bits per heavy atom. The summed E-state index contributed by atoms with van der Waals surface area (Å²) >= 11 is 0. The van der Waals surface area contributed by atoms with E-state index in [0.29, 0.717) is 5.82 Å². The van der Waals surface area contributed by atoms with Crippen molar-refractivity contribution >= 4 is 27.8 Å². The van der Waals surface area contributed by atoms with Crippen LogP contribution in [0.3, 0.4) is 0 Å². The lowest BCUT2D eigenvalue weighted by Gasteiger charge is -2.16. The second kappa shape index (κ2) is 6.98. The molecule has 1 atom stereocenters. The van der Waals surface area contributed by atoms with E-state index in [-0.39, 0.29) is 11.9 Å². The number of aromatic nitrogens is 4. The number of rotatable bonds is 4. The molecule has 0 amide bonds. The first-order chi connectivity index (χ1) is 14.2. The molecule has 2 aromatic carbocycles. The van der Waals surface area contributed by atoms with Gasteiger partial charge in [0.2, 0.25) is 0 Å². The molecule has 0 saturated carbocycles. The van der Waals surface area contributed by atoms with Crippen LogP contribution >= 0.6 is 0 Å². The van der Waals surface area contributed by atoms with E-state index in [1.807, 2.05) is 43.5 Å². The Morgan fingerprint density at radius 2 is 1.90 bits per heavy atom. The van der Waals surface area contributed by atoms with E-state index in [2.05, 4.69) is 31.3 Å².